The molecule has 12 nitrogen and oxygen atoms in total. The van der Waals surface area contributed by atoms with Crippen LogP contribution in [0.4, 0.5) is 0 Å². The van der Waals surface area contributed by atoms with Crippen LogP contribution in [0.5, 0.6) is 0 Å². The van der Waals surface area contributed by atoms with Crippen molar-refractivity contribution in [1.29, 1.82) is 0 Å². The van der Waals surface area contributed by atoms with Gasteiger partial charge < -0.3 is 5.73 Å². The number of hydrogen-bond acceptors (Lipinski definition) is 7. The fraction of sp³-hybridized carbons (Fsp3) is 0.643. The van der Waals surface area contributed by atoms with Gasteiger partial charge in [-0.25, -0.2) is 0 Å². The van der Waals surface area contributed by atoms with E-state index in [-0.39, 0.29) is 38.6 Å². The minimum absolute atomic E-state index is 0.133. The number of carbonyl (C=O) groups is 5. The van der Waals surface area contributed by atoms with E-state index in [1.54, 1.807) is 0 Å². The van der Waals surface area contributed by atoms with Crippen LogP contribution in [0.1, 0.15) is 19.3 Å². The number of nitrogens with one attached hydrogen (secondary N) is 3. The number of primary amides is 1. The van der Waals surface area contributed by atoms with Gasteiger partial charge in [-0.15, -0.1) is 0 Å². The van der Waals surface area contributed by atoms with E-state index >= 15 is 0 Å². The van der Waals surface area contributed by atoms with Gasteiger partial charge in [0.05, 0.1) is 0 Å². The SMILES string of the molecule is NC=O.NCCC(=O)NC([CH2][Pb])C(=O)NCC(=O)NCOC1(C(=O)O)CC1. The van der Waals surface area contributed by atoms with Crippen molar-refractivity contribution in [1.82, 2.24) is 16.0 Å². The molecule has 0 spiro atoms. The molecule has 0 saturated heterocycles. The Balaban J connectivity index is 0.00000210. The van der Waals surface area contributed by atoms with Crippen LogP contribution in [-0.4, -0.2) is 92.4 Å². The summed E-state index contributed by atoms with van der Waals surface area (Å²) in [6, 6.07) is -0.679. The predicted molar refractivity (Wildman–Crippen MR) is 93.1 cm³/mol. The summed E-state index contributed by atoms with van der Waals surface area (Å²) in [7, 11) is 0. The van der Waals surface area contributed by atoms with Crippen LogP contribution < -0.4 is 27.4 Å². The Morgan fingerprint density at radius 3 is 2.26 bits per heavy atom. The summed E-state index contributed by atoms with van der Waals surface area (Å²) < 4.78 is 5.63. The maximum absolute atomic E-state index is 11.9. The average molecular weight is 582 g/mol. The van der Waals surface area contributed by atoms with Crippen LogP contribution in [0.25, 0.3) is 0 Å². The van der Waals surface area contributed by atoms with Crippen LogP contribution in [0.2, 0.25) is 3.98 Å². The Morgan fingerprint density at radius 2 is 1.81 bits per heavy atom. The van der Waals surface area contributed by atoms with E-state index in [1.165, 1.54) is 0 Å². The first-order valence-electron chi connectivity index (χ1n) is 7.97. The van der Waals surface area contributed by atoms with Gasteiger partial charge >= 0.3 is 155 Å². The summed E-state index contributed by atoms with van der Waals surface area (Å²) in [4.78, 5) is 54.5. The normalized spacial score (nSPS) is 14.6. The zero-order valence-electron chi connectivity index (χ0n) is 14.7. The standard InChI is InChI=1S/C13H21N4O6.CH3NO.Pb/c1-8(17-9(18)2-5-14)11(20)15-6-10(19)16-7-23-13(3-4-13)12(21)22;2-1-3;/h8H,1-7,14H2,(H,15,20)(H,16,19)(H,17,18)(H,21,22);1H,(H2,2,3);. The van der Waals surface area contributed by atoms with Crippen LogP contribution in [0.15, 0.2) is 0 Å². The molecule has 0 heterocycles. The van der Waals surface area contributed by atoms with Gasteiger partial charge in [0.1, 0.15) is 0 Å². The molecule has 0 aromatic carbocycles. The first-order valence-corrected chi connectivity index (χ1v) is 10.7. The van der Waals surface area contributed by atoms with Crippen molar-refractivity contribution in [2.75, 3.05) is 19.8 Å². The fourth-order valence-corrected chi connectivity index (χ4v) is 2.87. The molecule has 1 rings (SSSR count). The molecule has 3 radical (unpaired) electrons. The molecule has 1 unspecified atom stereocenters. The quantitative estimate of drug-likeness (QED) is 0.0813. The van der Waals surface area contributed by atoms with Gasteiger partial charge in [-0.3, -0.25) is 4.79 Å². The van der Waals surface area contributed by atoms with Gasteiger partial charge in [0, 0.05) is 0 Å². The Kier molecular flexibility index (Phi) is 12.5. The molecule has 0 aliphatic heterocycles. The molecule has 8 N–H and O–H groups in total. The second-order valence-electron chi connectivity index (χ2n) is 5.40. The van der Waals surface area contributed by atoms with Gasteiger partial charge in [0.2, 0.25) is 6.41 Å². The molecule has 1 fully saturated rings. The van der Waals surface area contributed by atoms with Crippen LogP contribution >= 0.6 is 0 Å². The van der Waals surface area contributed by atoms with E-state index < -0.39 is 29.4 Å². The third-order valence-corrected chi connectivity index (χ3v) is 4.95. The van der Waals surface area contributed by atoms with E-state index in [0.717, 1.165) is 0 Å². The van der Waals surface area contributed by atoms with E-state index in [1.807, 2.05) is 0 Å². The zero-order chi connectivity index (χ0) is 20.9. The summed E-state index contributed by atoms with van der Waals surface area (Å²) in [5.41, 5.74) is 8.25. The van der Waals surface area contributed by atoms with Gasteiger partial charge in [0.15, 0.2) is 0 Å². The van der Waals surface area contributed by atoms with Gasteiger partial charge in [-0.05, 0) is 0 Å². The molecule has 1 aliphatic rings. The van der Waals surface area contributed by atoms with Crippen molar-refractivity contribution in [3.63, 3.8) is 0 Å². The minimum atomic E-state index is -1.18. The van der Waals surface area contributed by atoms with Crippen LogP contribution in [0.3, 0.4) is 0 Å². The van der Waals surface area contributed by atoms with E-state index in [2.05, 4.69) is 21.7 Å². The number of rotatable bonds is 11. The third kappa shape index (κ3) is 10.2. The molecule has 0 bridgehead atoms. The van der Waals surface area contributed by atoms with Gasteiger partial charge in [-0.1, -0.05) is 0 Å². The molecular weight excluding hydrogens is 557 g/mol. The number of aliphatic carboxylic acids is 1. The molecule has 1 aliphatic carbocycles. The van der Waals surface area contributed by atoms with Gasteiger partial charge in [-0.2, -0.15) is 0 Å². The van der Waals surface area contributed by atoms with E-state index in [4.69, 9.17) is 20.4 Å². The van der Waals surface area contributed by atoms with Crippen molar-refractivity contribution in [3.8, 4) is 0 Å². The summed E-state index contributed by atoms with van der Waals surface area (Å²) >= 11 is 0.702. The number of nitrogens with two attached hydrogens (primary N) is 2. The topological polar surface area (TPSA) is 203 Å². The number of carbonyl (C=O) groups excluding carboxylic acids is 4. The van der Waals surface area contributed by atoms with Crippen LogP contribution in [0, 0.1) is 0 Å². The van der Waals surface area contributed by atoms with Gasteiger partial charge in [0.25, 0.3) is 0 Å². The maximum atomic E-state index is 11.9. The summed E-state index contributed by atoms with van der Waals surface area (Å²) in [6.45, 7) is -0.326. The second-order valence-corrected chi connectivity index (χ2v) is 6.99. The Morgan fingerprint density at radius 1 is 1.22 bits per heavy atom. The van der Waals surface area contributed by atoms with E-state index in [0.29, 0.717) is 42.6 Å². The van der Waals surface area contributed by atoms with Crippen LogP contribution in [-0.2, 0) is 28.7 Å². The number of ether oxygens (including phenoxy) is 1. The predicted octanol–water partition coefficient (Wildman–Crippen LogP) is -3.67. The molecule has 1 saturated carbocycles. The molecule has 151 valence electrons. The Labute approximate surface area is 171 Å². The number of carboxylic acid groups (broad SMARTS) is 1. The fourth-order valence-electron chi connectivity index (χ4n) is 1.75. The number of carboxylic acids is 1. The Bertz CT molecular complexity index is 542. The van der Waals surface area contributed by atoms with Crippen molar-refractivity contribution in [3.05, 3.63) is 0 Å². The van der Waals surface area contributed by atoms with Crippen molar-refractivity contribution < 1.29 is 33.8 Å². The molecular formula is C14H24N5O7Pb. The summed E-state index contributed by atoms with van der Waals surface area (Å²) in [6.07, 6.45) is 1.22. The van der Waals surface area contributed by atoms with Crippen molar-refractivity contribution >= 4 is 55.9 Å². The molecule has 1 atom stereocenters. The Hall–Kier alpha value is -1.81. The molecule has 0 aromatic rings. The summed E-state index contributed by atoms with van der Waals surface area (Å²) in [5, 5.41) is 16.3. The molecule has 13 heteroatoms. The number of amides is 4. The van der Waals surface area contributed by atoms with Crippen molar-refractivity contribution in [2.45, 2.75) is 34.9 Å². The molecule has 0 aromatic heterocycles. The monoisotopic (exact) mass is 582 g/mol. The second kappa shape index (κ2) is 13.4. The van der Waals surface area contributed by atoms with E-state index in [9.17, 15) is 19.2 Å². The first kappa shape index (κ1) is 25.2. The third-order valence-electron chi connectivity index (χ3n) is 3.36. The number of hydrogen-bond donors (Lipinski definition) is 6. The summed E-state index contributed by atoms with van der Waals surface area (Å²) in [5.74, 6) is -2.32. The van der Waals surface area contributed by atoms with Crippen molar-refractivity contribution in [2.24, 2.45) is 11.5 Å². The molecule has 27 heavy (non-hydrogen) atoms. The zero-order valence-corrected chi connectivity index (χ0v) is 18.5. The molecule has 4 amide bonds. The average Bonchev–Trinajstić information content (AvgIpc) is 3.40. The first-order chi connectivity index (χ1) is 12.8.